The minimum absolute atomic E-state index is 0.0994. The number of rotatable bonds is 9. The summed E-state index contributed by atoms with van der Waals surface area (Å²) in [5.74, 6) is 1.03. The number of hydrogen-bond donors (Lipinski definition) is 2. The number of hydrazone groups is 1. The molecule has 1 aliphatic carbocycles. The van der Waals surface area contributed by atoms with Gasteiger partial charge in [-0.15, -0.1) is 10.2 Å². The van der Waals surface area contributed by atoms with Crippen molar-refractivity contribution in [2.24, 2.45) is 5.10 Å². The highest BCUT2D eigenvalue weighted by atomic mass is 35.5. The van der Waals surface area contributed by atoms with E-state index in [0.29, 0.717) is 21.8 Å². The number of aromatic nitrogens is 3. The van der Waals surface area contributed by atoms with Crippen molar-refractivity contribution in [3.63, 3.8) is 0 Å². The molecule has 0 unspecified atom stereocenters. The molecule has 0 atom stereocenters. The van der Waals surface area contributed by atoms with Crippen LogP contribution in [0.25, 0.3) is 11.4 Å². The molecule has 0 spiro atoms. The Hall–Kier alpha value is -3.24. The molecule has 0 saturated heterocycles. The van der Waals surface area contributed by atoms with E-state index >= 15 is 0 Å². The van der Waals surface area contributed by atoms with Gasteiger partial charge in [0.1, 0.15) is 0 Å². The molecular formula is C25H28ClN5O4S. The Morgan fingerprint density at radius 3 is 2.47 bits per heavy atom. The lowest BCUT2D eigenvalue weighted by Crippen LogP contribution is -2.20. The van der Waals surface area contributed by atoms with Crippen LogP contribution in [0.3, 0.4) is 0 Å². The van der Waals surface area contributed by atoms with E-state index in [1.165, 1.54) is 38.6 Å². The van der Waals surface area contributed by atoms with Crippen LogP contribution in [0.15, 0.2) is 46.7 Å². The predicted molar refractivity (Wildman–Crippen MR) is 140 cm³/mol. The molecule has 1 aromatic heterocycles. The average molecular weight is 530 g/mol. The van der Waals surface area contributed by atoms with Crippen LogP contribution in [0.2, 0.25) is 5.02 Å². The summed E-state index contributed by atoms with van der Waals surface area (Å²) in [6, 6.07) is 11.0. The molecule has 0 radical (unpaired) electrons. The second kappa shape index (κ2) is 12.1. The molecule has 1 saturated carbocycles. The smallest absolute Gasteiger partial charge is 0.250 e. The van der Waals surface area contributed by atoms with Crippen LogP contribution >= 0.6 is 23.4 Å². The Morgan fingerprint density at radius 2 is 1.83 bits per heavy atom. The first-order valence-corrected chi connectivity index (χ1v) is 13.0. The number of thioether (sulfide) groups is 1. The van der Waals surface area contributed by atoms with Gasteiger partial charge in [-0.1, -0.05) is 42.6 Å². The third-order valence-corrected chi connectivity index (χ3v) is 7.14. The molecular weight excluding hydrogens is 502 g/mol. The Bertz CT molecular complexity index is 1200. The van der Waals surface area contributed by atoms with Crippen molar-refractivity contribution >= 4 is 35.5 Å². The number of carbonyl (C=O) groups is 1. The van der Waals surface area contributed by atoms with E-state index in [0.717, 1.165) is 37.1 Å². The number of benzene rings is 2. The maximum atomic E-state index is 12.5. The van der Waals surface area contributed by atoms with Gasteiger partial charge in [-0.3, -0.25) is 9.36 Å². The SMILES string of the molecule is COc1cc(/C=N\NC(=O)CSc2nnc(-c3ccc(Cl)cc3)n2C2CCCCC2)cc(OC)c1O. The lowest BCUT2D eigenvalue weighted by Gasteiger charge is -2.25. The third-order valence-electron chi connectivity index (χ3n) is 5.94. The fourth-order valence-electron chi connectivity index (χ4n) is 4.17. The van der Waals surface area contributed by atoms with E-state index in [1.807, 2.05) is 24.3 Å². The number of phenols is 1. The molecule has 3 aromatic rings. The van der Waals surface area contributed by atoms with Crippen molar-refractivity contribution in [2.75, 3.05) is 20.0 Å². The van der Waals surface area contributed by atoms with Crippen molar-refractivity contribution < 1.29 is 19.4 Å². The average Bonchev–Trinajstić information content (AvgIpc) is 3.33. The maximum absolute atomic E-state index is 12.5. The first-order chi connectivity index (χ1) is 17.5. The minimum atomic E-state index is -0.278. The van der Waals surface area contributed by atoms with Gasteiger partial charge >= 0.3 is 0 Å². The molecule has 2 N–H and O–H groups in total. The highest BCUT2D eigenvalue weighted by Gasteiger charge is 2.24. The van der Waals surface area contributed by atoms with Gasteiger partial charge in [-0.25, -0.2) is 5.43 Å². The number of methoxy groups -OCH3 is 2. The van der Waals surface area contributed by atoms with Gasteiger partial charge in [0.25, 0.3) is 5.91 Å². The van der Waals surface area contributed by atoms with Crippen LogP contribution in [0, 0.1) is 0 Å². The first-order valence-electron chi connectivity index (χ1n) is 11.6. The normalized spacial score (nSPS) is 14.2. The van der Waals surface area contributed by atoms with Gasteiger partial charge in [0.2, 0.25) is 5.75 Å². The largest absolute Gasteiger partial charge is 0.502 e. The Labute approximate surface area is 218 Å². The fourth-order valence-corrected chi connectivity index (χ4v) is 5.09. The van der Waals surface area contributed by atoms with Crippen molar-refractivity contribution in [2.45, 2.75) is 43.3 Å². The quantitative estimate of drug-likeness (QED) is 0.226. The minimum Gasteiger partial charge on any atom is -0.502 e. The van der Waals surface area contributed by atoms with Gasteiger partial charge in [0.05, 0.1) is 26.2 Å². The van der Waals surface area contributed by atoms with E-state index < -0.39 is 0 Å². The highest BCUT2D eigenvalue weighted by Crippen LogP contribution is 2.37. The standard InChI is InChI=1S/C25H28ClN5O4S/c1-34-20-12-16(13-21(35-2)23(20)33)14-27-28-22(32)15-36-25-30-29-24(17-8-10-18(26)11-9-17)31(25)19-6-4-3-5-7-19/h8-14,19,33H,3-7,15H2,1-2H3,(H,28,32)/b27-14-. The van der Waals surface area contributed by atoms with Gasteiger partial charge in [-0.2, -0.15) is 5.10 Å². The number of aromatic hydroxyl groups is 1. The van der Waals surface area contributed by atoms with Crippen LogP contribution < -0.4 is 14.9 Å². The fraction of sp³-hybridized carbons (Fsp3) is 0.360. The molecule has 1 heterocycles. The van der Waals surface area contributed by atoms with E-state index in [-0.39, 0.29) is 28.9 Å². The number of nitrogens with zero attached hydrogens (tertiary/aromatic N) is 4. The third kappa shape index (κ3) is 6.11. The van der Waals surface area contributed by atoms with Crippen LogP contribution in [0.5, 0.6) is 17.2 Å². The van der Waals surface area contributed by atoms with Crippen LogP contribution in [0.1, 0.15) is 43.7 Å². The molecule has 0 aliphatic heterocycles. The van der Waals surface area contributed by atoms with E-state index in [9.17, 15) is 9.90 Å². The number of phenolic OH excluding ortho intramolecular Hbond substituents is 1. The number of amides is 1. The zero-order chi connectivity index (χ0) is 25.5. The first kappa shape index (κ1) is 25.8. The topological polar surface area (TPSA) is 111 Å². The van der Waals surface area contributed by atoms with Crippen LogP contribution in [-0.4, -0.2) is 52.0 Å². The summed E-state index contributed by atoms with van der Waals surface area (Å²) in [6.45, 7) is 0. The molecule has 0 bridgehead atoms. The number of carbonyl (C=O) groups excluding carboxylic acids is 1. The summed E-state index contributed by atoms with van der Waals surface area (Å²) < 4.78 is 12.4. The van der Waals surface area contributed by atoms with Crippen molar-refractivity contribution in [1.29, 1.82) is 0 Å². The van der Waals surface area contributed by atoms with E-state index in [1.54, 1.807) is 12.1 Å². The summed E-state index contributed by atoms with van der Waals surface area (Å²) >= 11 is 7.40. The number of halogens is 1. The Kier molecular flexibility index (Phi) is 8.71. The summed E-state index contributed by atoms with van der Waals surface area (Å²) in [5.41, 5.74) is 4.07. The zero-order valence-corrected chi connectivity index (χ0v) is 21.7. The van der Waals surface area contributed by atoms with E-state index in [4.69, 9.17) is 21.1 Å². The monoisotopic (exact) mass is 529 g/mol. The Balaban J connectivity index is 1.44. The van der Waals surface area contributed by atoms with Gasteiger partial charge in [0.15, 0.2) is 22.5 Å². The summed E-state index contributed by atoms with van der Waals surface area (Å²) in [7, 11) is 2.89. The highest BCUT2D eigenvalue weighted by molar-refractivity contribution is 7.99. The maximum Gasteiger partial charge on any atom is 0.250 e. The second-order valence-electron chi connectivity index (χ2n) is 8.33. The summed E-state index contributed by atoms with van der Waals surface area (Å²) in [4.78, 5) is 12.5. The van der Waals surface area contributed by atoms with Crippen LogP contribution in [-0.2, 0) is 4.79 Å². The predicted octanol–water partition coefficient (Wildman–Crippen LogP) is 5.07. The number of nitrogens with one attached hydrogen (secondary N) is 1. The van der Waals surface area contributed by atoms with Crippen molar-refractivity contribution in [3.05, 3.63) is 47.0 Å². The summed E-state index contributed by atoms with van der Waals surface area (Å²) in [5, 5.41) is 24.3. The van der Waals surface area contributed by atoms with Gasteiger partial charge < -0.3 is 14.6 Å². The van der Waals surface area contributed by atoms with Crippen molar-refractivity contribution in [1.82, 2.24) is 20.2 Å². The molecule has 9 nitrogen and oxygen atoms in total. The van der Waals surface area contributed by atoms with Gasteiger partial charge in [-0.05, 0) is 49.2 Å². The molecule has 4 rings (SSSR count). The number of hydrogen-bond acceptors (Lipinski definition) is 8. The number of ether oxygens (including phenoxy) is 2. The molecule has 11 heteroatoms. The lowest BCUT2D eigenvalue weighted by molar-refractivity contribution is -0.118. The van der Waals surface area contributed by atoms with E-state index in [2.05, 4.69) is 25.3 Å². The summed E-state index contributed by atoms with van der Waals surface area (Å²) in [6.07, 6.45) is 7.13. The second-order valence-corrected chi connectivity index (χ2v) is 9.71. The Morgan fingerprint density at radius 1 is 1.17 bits per heavy atom. The molecule has 36 heavy (non-hydrogen) atoms. The molecule has 1 amide bonds. The van der Waals surface area contributed by atoms with Gasteiger partial charge in [0, 0.05) is 22.2 Å². The van der Waals surface area contributed by atoms with Crippen molar-refractivity contribution in [3.8, 4) is 28.6 Å². The molecule has 1 fully saturated rings. The molecule has 1 aliphatic rings. The molecule has 2 aromatic carbocycles. The lowest BCUT2D eigenvalue weighted by atomic mass is 9.95. The zero-order valence-electron chi connectivity index (χ0n) is 20.1. The molecule has 190 valence electrons. The van der Waals surface area contributed by atoms with Crippen LogP contribution in [0.4, 0.5) is 0 Å².